The maximum Gasteiger partial charge on any atom is 0.338 e. The highest BCUT2D eigenvalue weighted by Gasteiger charge is 2.22. The van der Waals surface area contributed by atoms with Crippen LogP contribution in [0.2, 0.25) is 0 Å². The van der Waals surface area contributed by atoms with E-state index in [-0.39, 0.29) is 29.6 Å². The predicted molar refractivity (Wildman–Crippen MR) is 148 cm³/mol. The molecule has 0 saturated carbocycles. The minimum atomic E-state index is -1.05. The summed E-state index contributed by atoms with van der Waals surface area (Å²) >= 11 is 0. The third-order valence-electron chi connectivity index (χ3n) is 6.49. The Morgan fingerprint density at radius 3 is 1.70 bits per heavy atom. The smallest absolute Gasteiger partial charge is 0.338 e. The fourth-order valence-corrected chi connectivity index (χ4v) is 4.25. The van der Waals surface area contributed by atoms with E-state index in [4.69, 9.17) is 9.47 Å². The zero-order chi connectivity index (χ0) is 26.8. The second-order valence-electron chi connectivity index (χ2n) is 11.4. The van der Waals surface area contributed by atoms with Crippen LogP contribution in [0, 0.1) is 0 Å². The van der Waals surface area contributed by atoms with Crippen molar-refractivity contribution in [1.29, 1.82) is 0 Å². The Morgan fingerprint density at radius 2 is 1.22 bits per heavy atom. The number of carbonyl (C=O) groups is 1. The van der Waals surface area contributed by atoms with Crippen LogP contribution in [0.3, 0.4) is 0 Å². The summed E-state index contributed by atoms with van der Waals surface area (Å²) in [6, 6.07) is 23.4. The van der Waals surface area contributed by atoms with Crippen molar-refractivity contribution in [3.63, 3.8) is 0 Å². The zero-order valence-corrected chi connectivity index (χ0v) is 22.5. The molecule has 0 saturated heterocycles. The fraction of sp³-hybridized carbons (Fsp3) is 0.312. The van der Waals surface area contributed by atoms with Crippen LogP contribution in [-0.2, 0) is 24.0 Å². The van der Waals surface area contributed by atoms with Crippen LogP contribution in [0.15, 0.2) is 72.8 Å². The highest BCUT2D eigenvalue weighted by Crippen LogP contribution is 2.29. The first kappa shape index (κ1) is 26.2. The van der Waals surface area contributed by atoms with Gasteiger partial charge < -0.3 is 14.6 Å². The molecule has 0 unspecified atom stereocenters. The molecule has 0 amide bonds. The summed E-state index contributed by atoms with van der Waals surface area (Å²) in [4.78, 5) is 17.1. The van der Waals surface area contributed by atoms with Gasteiger partial charge in [0, 0.05) is 10.9 Å². The quantitative estimate of drug-likeness (QED) is 0.283. The van der Waals surface area contributed by atoms with Crippen molar-refractivity contribution in [3.8, 4) is 11.5 Å². The summed E-state index contributed by atoms with van der Waals surface area (Å²) in [5.41, 5.74) is 4.26. The lowest BCUT2D eigenvalue weighted by Crippen LogP contribution is -2.14. The van der Waals surface area contributed by atoms with Gasteiger partial charge in [-0.3, -0.25) is 0 Å². The van der Waals surface area contributed by atoms with Crippen molar-refractivity contribution >= 4 is 16.9 Å². The number of aromatic carboxylic acids is 1. The molecule has 0 aliphatic heterocycles. The highest BCUT2D eigenvalue weighted by molar-refractivity contribution is 5.97. The second-order valence-corrected chi connectivity index (χ2v) is 11.4. The summed E-state index contributed by atoms with van der Waals surface area (Å²) in [6.07, 6.45) is 0. The van der Waals surface area contributed by atoms with Crippen LogP contribution in [0.5, 0.6) is 11.5 Å². The Morgan fingerprint density at radius 1 is 0.730 bits per heavy atom. The van der Waals surface area contributed by atoms with E-state index >= 15 is 0 Å². The van der Waals surface area contributed by atoms with Gasteiger partial charge in [0.05, 0.1) is 16.8 Å². The maximum atomic E-state index is 12.5. The lowest BCUT2D eigenvalue weighted by molar-refractivity contribution is 0.0690. The van der Waals surface area contributed by atoms with Gasteiger partial charge in [0.2, 0.25) is 0 Å². The number of pyridine rings is 1. The van der Waals surface area contributed by atoms with E-state index < -0.39 is 5.97 Å². The first-order valence-electron chi connectivity index (χ1n) is 12.5. The minimum Gasteiger partial charge on any atom is -0.489 e. The van der Waals surface area contributed by atoms with Crippen molar-refractivity contribution in [2.45, 2.75) is 65.6 Å². The summed E-state index contributed by atoms with van der Waals surface area (Å²) in [7, 11) is 0. The average molecular weight is 498 g/mol. The largest absolute Gasteiger partial charge is 0.489 e. The number of carboxylic acids is 1. The molecule has 0 bridgehead atoms. The van der Waals surface area contributed by atoms with E-state index in [1.165, 1.54) is 11.1 Å². The second kappa shape index (κ2) is 10.3. The van der Waals surface area contributed by atoms with E-state index in [2.05, 4.69) is 46.5 Å². The molecule has 4 rings (SSSR count). The molecule has 1 heterocycles. The summed E-state index contributed by atoms with van der Waals surface area (Å²) < 4.78 is 12.1. The van der Waals surface area contributed by atoms with Gasteiger partial charge in [-0.25, -0.2) is 9.78 Å². The van der Waals surface area contributed by atoms with Crippen LogP contribution in [0.25, 0.3) is 10.9 Å². The number of rotatable bonds is 7. The fourth-order valence-electron chi connectivity index (χ4n) is 4.25. The monoisotopic (exact) mass is 497 g/mol. The molecule has 0 fully saturated rings. The molecule has 37 heavy (non-hydrogen) atoms. The standard InChI is InChI=1S/C32H35NO4/c1-31(2,3)21-11-15-23(16-12-21)36-19-26-25-9-7-8-10-27(25)33-28(29(26)30(34)35)20-37-24-17-13-22(14-18-24)32(4,5)6/h7-18H,19-20H2,1-6H3,(H,34,35). The Bertz CT molecular complexity index is 1390. The summed E-state index contributed by atoms with van der Waals surface area (Å²) in [5.74, 6) is 0.291. The lowest BCUT2D eigenvalue weighted by Gasteiger charge is -2.20. The number of ether oxygens (including phenoxy) is 2. The molecule has 4 aromatic rings. The Kier molecular flexibility index (Phi) is 7.26. The third-order valence-corrected chi connectivity index (χ3v) is 6.49. The molecule has 3 aromatic carbocycles. The van der Waals surface area contributed by atoms with Crippen LogP contribution >= 0.6 is 0 Å². The van der Waals surface area contributed by atoms with Crippen molar-refractivity contribution in [2.24, 2.45) is 0 Å². The van der Waals surface area contributed by atoms with Gasteiger partial charge in [0.15, 0.2) is 0 Å². The minimum absolute atomic E-state index is 0.0363. The van der Waals surface area contributed by atoms with Gasteiger partial charge in [-0.2, -0.15) is 0 Å². The van der Waals surface area contributed by atoms with Crippen molar-refractivity contribution in [2.75, 3.05) is 0 Å². The number of hydrogen-bond acceptors (Lipinski definition) is 4. The first-order valence-corrected chi connectivity index (χ1v) is 12.5. The van der Waals surface area contributed by atoms with E-state index in [0.29, 0.717) is 28.3 Å². The number of fused-ring (bicyclic) bond motifs is 1. The molecule has 5 heteroatoms. The number of nitrogens with zero attached hydrogens (tertiary/aromatic N) is 1. The molecular weight excluding hydrogens is 462 g/mol. The highest BCUT2D eigenvalue weighted by atomic mass is 16.5. The van der Waals surface area contributed by atoms with E-state index in [9.17, 15) is 9.90 Å². The Balaban J connectivity index is 1.64. The first-order chi connectivity index (χ1) is 17.4. The third kappa shape index (κ3) is 6.11. The molecular formula is C32H35NO4. The van der Waals surface area contributed by atoms with E-state index in [1.807, 2.05) is 72.8 Å². The van der Waals surface area contributed by atoms with Crippen LogP contribution in [0.1, 0.15) is 74.3 Å². The van der Waals surface area contributed by atoms with Gasteiger partial charge >= 0.3 is 5.97 Å². The topological polar surface area (TPSA) is 68.7 Å². The molecule has 0 radical (unpaired) electrons. The van der Waals surface area contributed by atoms with E-state index in [0.717, 1.165) is 5.39 Å². The molecule has 0 aliphatic carbocycles. The van der Waals surface area contributed by atoms with Crippen LogP contribution < -0.4 is 9.47 Å². The van der Waals surface area contributed by atoms with Gasteiger partial charge in [0.25, 0.3) is 0 Å². The summed E-state index contributed by atoms with van der Waals surface area (Å²) in [6.45, 7) is 13.1. The van der Waals surface area contributed by atoms with Gasteiger partial charge in [-0.1, -0.05) is 84.0 Å². The number of benzene rings is 3. The maximum absolute atomic E-state index is 12.5. The molecule has 1 N–H and O–H groups in total. The van der Waals surface area contributed by atoms with Crippen LogP contribution in [0.4, 0.5) is 0 Å². The average Bonchev–Trinajstić information content (AvgIpc) is 2.85. The van der Waals surface area contributed by atoms with Crippen molar-refractivity contribution < 1.29 is 19.4 Å². The van der Waals surface area contributed by atoms with Crippen molar-refractivity contribution in [1.82, 2.24) is 4.98 Å². The zero-order valence-electron chi connectivity index (χ0n) is 22.5. The van der Waals surface area contributed by atoms with Gasteiger partial charge in [-0.15, -0.1) is 0 Å². The molecule has 192 valence electrons. The normalized spacial score (nSPS) is 11.9. The molecule has 5 nitrogen and oxygen atoms in total. The molecule has 1 aromatic heterocycles. The van der Waals surface area contributed by atoms with E-state index in [1.54, 1.807) is 0 Å². The van der Waals surface area contributed by atoms with Crippen LogP contribution in [-0.4, -0.2) is 16.1 Å². The Hall–Kier alpha value is -3.86. The van der Waals surface area contributed by atoms with Gasteiger partial charge in [-0.05, 0) is 52.3 Å². The molecule has 0 atom stereocenters. The number of hydrogen-bond donors (Lipinski definition) is 1. The SMILES string of the molecule is CC(C)(C)c1ccc(OCc2nc3ccccc3c(COc3ccc(C(C)(C)C)cc3)c2C(=O)O)cc1. The number of carboxylic acid groups (broad SMARTS) is 1. The molecule has 0 aliphatic rings. The predicted octanol–water partition coefficient (Wildman–Crippen LogP) is 7.69. The van der Waals surface area contributed by atoms with Crippen molar-refractivity contribution in [3.05, 3.63) is 101 Å². The number of para-hydroxylation sites is 1. The number of aromatic nitrogens is 1. The summed E-state index contributed by atoms with van der Waals surface area (Å²) in [5, 5.41) is 11.0. The lowest BCUT2D eigenvalue weighted by atomic mass is 9.87. The Labute approximate surface area is 219 Å². The molecule has 0 spiro atoms. The van der Waals surface area contributed by atoms with Gasteiger partial charge in [0.1, 0.15) is 24.7 Å².